The second-order valence-electron chi connectivity index (χ2n) is 4.68. The number of methoxy groups -OCH3 is 1. The van der Waals surface area contributed by atoms with Crippen LogP contribution in [-0.4, -0.2) is 26.2 Å². The lowest BCUT2D eigenvalue weighted by Crippen LogP contribution is -2.22. The van der Waals surface area contributed by atoms with E-state index in [1.165, 1.54) is 0 Å². The summed E-state index contributed by atoms with van der Waals surface area (Å²) in [7, 11) is 1.62. The molecule has 1 N–H and O–H groups in total. The maximum Gasteiger partial charge on any atom is 0.251 e. The predicted molar refractivity (Wildman–Crippen MR) is 89.1 cm³/mol. The van der Waals surface area contributed by atoms with Crippen LogP contribution < -0.4 is 10.1 Å². The van der Waals surface area contributed by atoms with E-state index in [2.05, 4.69) is 21.2 Å². The van der Waals surface area contributed by atoms with E-state index in [0.29, 0.717) is 31.1 Å². The largest absolute Gasteiger partial charge is 0.491 e. The molecule has 0 unspecified atom stereocenters. The number of carbonyl (C=O) groups is 1. The summed E-state index contributed by atoms with van der Waals surface area (Å²) >= 11 is 3.41. The van der Waals surface area contributed by atoms with Crippen LogP contribution in [0, 0.1) is 0 Å². The van der Waals surface area contributed by atoms with Gasteiger partial charge < -0.3 is 14.8 Å². The Labute approximate surface area is 138 Å². The van der Waals surface area contributed by atoms with Crippen molar-refractivity contribution in [3.05, 3.63) is 64.1 Å². The van der Waals surface area contributed by atoms with Crippen molar-refractivity contribution in [2.45, 2.75) is 6.54 Å². The highest BCUT2D eigenvalue weighted by molar-refractivity contribution is 9.10. The summed E-state index contributed by atoms with van der Waals surface area (Å²) in [6.45, 7) is 1.45. The normalized spacial score (nSPS) is 10.3. The van der Waals surface area contributed by atoms with Crippen molar-refractivity contribution in [3.8, 4) is 5.75 Å². The van der Waals surface area contributed by atoms with Crippen LogP contribution >= 0.6 is 15.9 Å². The van der Waals surface area contributed by atoms with E-state index in [1.54, 1.807) is 25.3 Å². The summed E-state index contributed by atoms with van der Waals surface area (Å²) in [5.74, 6) is 0.532. The first-order valence-corrected chi connectivity index (χ1v) is 7.73. The van der Waals surface area contributed by atoms with E-state index in [-0.39, 0.29) is 5.91 Å². The summed E-state index contributed by atoms with van der Waals surface area (Å²) in [5.41, 5.74) is 1.61. The Hall–Kier alpha value is -1.85. The van der Waals surface area contributed by atoms with Crippen LogP contribution in [0.3, 0.4) is 0 Å². The first-order valence-electron chi connectivity index (χ1n) is 6.93. The van der Waals surface area contributed by atoms with E-state index in [0.717, 1.165) is 10.0 Å². The predicted octanol–water partition coefficient (Wildman–Crippen LogP) is 3.40. The number of hydrogen-bond donors (Lipinski definition) is 1. The van der Waals surface area contributed by atoms with Crippen LogP contribution in [0.25, 0.3) is 0 Å². The molecule has 2 rings (SSSR count). The lowest BCUT2D eigenvalue weighted by Gasteiger charge is -2.09. The number of nitrogens with one attached hydrogen (secondary N) is 1. The van der Waals surface area contributed by atoms with Crippen LogP contribution in [0.5, 0.6) is 5.75 Å². The SMILES string of the molecule is COCCOc1cccc(C(=O)NCc2cccc(Br)c2)c1. The smallest absolute Gasteiger partial charge is 0.251 e. The molecule has 0 spiro atoms. The van der Waals surface area contributed by atoms with Crippen molar-refractivity contribution >= 4 is 21.8 Å². The minimum atomic E-state index is -0.128. The van der Waals surface area contributed by atoms with Gasteiger partial charge in [0, 0.05) is 23.7 Å². The molecular formula is C17H18BrNO3. The van der Waals surface area contributed by atoms with E-state index in [1.807, 2.05) is 30.3 Å². The van der Waals surface area contributed by atoms with Gasteiger partial charge in [-0.05, 0) is 35.9 Å². The van der Waals surface area contributed by atoms with Crippen LogP contribution in [0.15, 0.2) is 53.0 Å². The van der Waals surface area contributed by atoms with Crippen LogP contribution in [0.2, 0.25) is 0 Å². The van der Waals surface area contributed by atoms with Gasteiger partial charge in [-0.2, -0.15) is 0 Å². The van der Waals surface area contributed by atoms with Gasteiger partial charge in [0.25, 0.3) is 5.91 Å². The van der Waals surface area contributed by atoms with E-state index >= 15 is 0 Å². The fraction of sp³-hybridized carbons (Fsp3) is 0.235. The van der Waals surface area contributed by atoms with Gasteiger partial charge in [-0.3, -0.25) is 4.79 Å². The first-order chi connectivity index (χ1) is 10.7. The molecule has 22 heavy (non-hydrogen) atoms. The lowest BCUT2D eigenvalue weighted by molar-refractivity contribution is 0.0950. The van der Waals surface area contributed by atoms with E-state index in [9.17, 15) is 4.79 Å². The molecule has 2 aromatic rings. The zero-order valence-electron chi connectivity index (χ0n) is 12.3. The lowest BCUT2D eigenvalue weighted by atomic mass is 10.2. The number of rotatable bonds is 7. The minimum absolute atomic E-state index is 0.128. The van der Waals surface area contributed by atoms with Gasteiger partial charge in [0.05, 0.1) is 6.61 Å². The molecule has 5 heteroatoms. The topological polar surface area (TPSA) is 47.6 Å². The molecule has 116 valence electrons. The van der Waals surface area contributed by atoms with Crippen molar-refractivity contribution in [2.75, 3.05) is 20.3 Å². The zero-order valence-corrected chi connectivity index (χ0v) is 13.9. The second-order valence-corrected chi connectivity index (χ2v) is 5.60. The van der Waals surface area contributed by atoms with Gasteiger partial charge in [-0.25, -0.2) is 0 Å². The van der Waals surface area contributed by atoms with Gasteiger partial charge in [-0.1, -0.05) is 34.1 Å². The third-order valence-corrected chi connectivity index (χ3v) is 3.49. The molecule has 0 saturated carbocycles. The molecule has 0 aromatic heterocycles. The fourth-order valence-electron chi connectivity index (χ4n) is 1.90. The average molecular weight is 364 g/mol. The number of ether oxygens (including phenoxy) is 2. The Bertz CT molecular complexity index is 631. The highest BCUT2D eigenvalue weighted by Crippen LogP contribution is 2.14. The van der Waals surface area contributed by atoms with Gasteiger partial charge in [-0.15, -0.1) is 0 Å². The monoisotopic (exact) mass is 363 g/mol. The molecule has 2 aromatic carbocycles. The second kappa shape index (κ2) is 8.56. The Balaban J connectivity index is 1.93. The number of carbonyl (C=O) groups excluding carboxylic acids is 1. The number of benzene rings is 2. The molecule has 0 bridgehead atoms. The Morgan fingerprint density at radius 3 is 2.73 bits per heavy atom. The Morgan fingerprint density at radius 2 is 1.95 bits per heavy atom. The molecular weight excluding hydrogens is 346 g/mol. The maximum atomic E-state index is 12.2. The van der Waals surface area contributed by atoms with Gasteiger partial charge in [0.2, 0.25) is 0 Å². The Morgan fingerprint density at radius 1 is 1.14 bits per heavy atom. The fourth-order valence-corrected chi connectivity index (χ4v) is 2.35. The van der Waals surface area contributed by atoms with Gasteiger partial charge >= 0.3 is 0 Å². The molecule has 0 fully saturated rings. The van der Waals surface area contributed by atoms with E-state index in [4.69, 9.17) is 9.47 Å². The minimum Gasteiger partial charge on any atom is -0.491 e. The molecule has 0 aliphatic carbocycles. The van der Waals surface area contributed by atoms with E-state index < -0.39 is 0 Å². The average Bonchev–Trinajstić information content (AvgIpc) is 2.53. The summed E-state index contributed by atoms with van der Waals surface area (Å²) in [6.07, 6.45) is 0. The molecule has 1 amide bonds. The molecule has 0 heterocycles. The maximum absolute atomic E-state index is 12.2. The zero-order chi connectivity index (χ0) is 15.8. The molecule has 4 nitrogen and oxygen atoms in total. The summed E-state index contributed by atoms with van der Waals surface area (Å²) in [6, 6.07) is 14.9. The van der Waals surface area contributed by atoms with Crippen LogP contribution in [0.4, 0.5) is 0 Å². The number of halogens is 1. The number of hydrogen-bond acceptors (Lipinski definition) is 3. The van der Waals surface area contributed by atoms with Crippen LogP contribution in [0.1, 0.15) is 15.9 Å². The van der Waals surface area contributed by atoms with Crippen molar-refractivity contribution < 1.29 is 14.3 Å². The standard InChI is InChI=1S/C17H18BrNO3/c1-21-8-9-22-16-7-3-5-14(11-16)17(20)19-12-13-4-2-6-15(18)10-13/h2-7,10-11H,8-9,12H2,1H3,(H,19,20). The quantitative estimate of drug-likeness (QED) is 0.766. The molecule has 0 aliphatic heterocycles. The van der Waals surface area contributed by atoms with Crippen molar-refractivity contribution in [3.63, 3.8) is 0 Å². The van der Waals surface area contributed by atoms with Crippen LogP contribution in [-0.2, 0) is 11.3 Å². The van der Waals surface area contributed by atoms with Crippen molar-refractivity contribution in [2.24, 2.45) is 0 Å². The first kappa shape index (κ1) is 16.5. The highest BCUT2D eigenvalue weighted by atomic mass is 79.9. The molecule has 0 aliphatic rings. The van der Waals surface area contributed by atoms with Gasteiger partial charge in [0.15, 0.2) is 0 Å². The van der Waals surface area contributed by atoms with Crippen molar-refractivity contribution in [1.82, 2.24) is 5.32 Å². The molecule has 0 atom stereocenters. The summed E-state index contributed by atoms with van der Waals surface area (Å²) in [4.78, 5) is 12.2. The third kappa shape index (κ3) is 5.16. The molecule has 0 saturated heterocycles. The third-order valence-electron chi connectivity index (χ3n) is 2.99. The van der Waals surface area contributed by atoms with Gasteiger partial charge in [0.1, 0.15) is 12.4 Å². The summed E-state index contributed by atoms with van der Waals surface area (Å²) in [5, 5.41) is 2.90. The highest BCUT2D eigenvalue weighted by Gasteiger charge is 2.06. The summed E-state index contributed by atoms with van der Waals surface area (Å²) < 4.78 is 11.4. The molecule has 0 radical (unpaired) electrons. The number of amides is 1. The Kier molecular flexibility index (Phi) is 6.43. The van der Waals surface area contributed by atoms with Crippen molar-refractivity contribution in [1.29, 1.82) is 0 Å².